The van der Waals surface area contributed by atoms with Crippen LogP contribution in [0.3, 0.4) is 0 Å². The first-order valence-electron chi connectivity index (χ1n) is 8.80. The molecule has 1 heterocycles. The van der Waals surface area contributed by atoms with Gasteiger partial charge >= 0.3 is 0 Å². The molecule has 1 aliphatic heterocycles. The highest BCUT2D eigenvalue weighted by Gasteiger charge is 2.31. The van der Waals surface area contributed by atoms with Crippen molar-refractivity contribution in [3.63, 3.8) is 0 Å². The molecule has 2 heteroatoms. The summed E-state index contributed by atoms with van der Waals surface area (Å²) in [7, 11) is 0. The van der Waals surface area contributed by atoms with E-state index < -0.39 is 0 Å². The number of rotatable bonds is 4. The van der Waals surface area contributed by atoms with Gasteiger partial charge in [0.25, 0.3) is 0 Å². The van der Waals surface area contributed by atoms with E-state index in [0.29, 0.717) is 12.6 Å². The van der Waals surface area contributed by atoms with E-state index in [9.17, 15) is 5.11 Å². The van der Waals surface area contributed by atoms with E-state index in [4.69, 9.17) is 0 Å². The molecule has 2 fully saturated rings. The maximum absolute atomic E-state index is 9.30. The van der Waals surface area contributed by atoms with Crippen LogP contribution in [0.4, 0.5) is 0 Å². The summed E-state index contributed by atoms with van der Waals surface area (Å²) in [4.78, 5) is 2.74. The molecule has 21 heavy (non-hydrogen) atoms. The van der Waals surface area contributed by atoms with Gasteiger partial charge in [0, 0.05) is 18.7 Å². The second-order valence-corrected chi connectivity index (χ2v) is 6.82. The Kier molecular flexibility index (Phi) is 5.32. The molecule has 116 valence electrons. The van der Waals surface area contributed by atoms with Crippen molar-refractivity contribution in [2.75, 3.05) is 13.2 Å². The summed E-state index contributed by atoms with van der Waals surface area (Å²) >= 11 is 0. The average molecular weight is 287 g/mol. The summed E-state index contributed by atoms with van der Waals surface area (Å²) in [6.07, 6.45) is 10.3. The SMILES string of the molecule is OCCC1CCCCN1C1CCC(c2ccccc2)CC1. The van der Waals surface area contributed by atoms with Crippen LogP contribution in [0.1, 0.15) is 62.8 Å². The van der Waals surface area contributed by atoms with Gasteiger partial charge in [0.15, 0.2) is 0 Å². The predicted molar refractivity (Wildman–Crippen MR) is 87.5 cm³/mol. The first-order valence-corrected chi connectivity index (χ1v) is 8.80. The van der Waals surface area contributed by atoms with Gasteiger partial charge in [-0.15, -0.1) is 0 Å². The standard InChI is InChI=1S/C19H29NO/c21-15-13-18-8-4-5-14-20(18)19-11-9-17(10-12-19)16-6-2-1-3-7-16/h1-3,6-7,17-19,21H,4-5,8-15H2. The van der Waals surface area contributed by atoms with E-state index in [1.54, 1.807) is 0 Å². The summed E-state index contributed by atoms with van der Waals surface area (Å²) in [6.45, 7) is 1.60. The minimum Gasteiger partial charge on any atom is -0.396 e. The van der Waals surface area contributed by atoms with Crippen LogP contribution in [0.5, 0.6) is 0 Å². The quantitative estimate of drug-likeness (QED) is 0.906. The van der Waals surface area contributed by atoms with Gasteiger partial charge in [0.05, 0.1) is 0 Å². The Bertz CT molecular complexity index is 409. The number of piperidine rings is 1. The van der Waals surface area contributed by atoms with Crippen LogP contribution < -0.4 is 0 Å². The normalized spacial score (nSPS) is 31.2. The number of nitrogens with zero attached hydrogens (tertiary/aromatic N) is 1. The Morgan fingerprint density at radius 3 is 2.43 bits per heavy atom. The van der Waals surface area contributed by atoms with Gasteiger partial charge in [-0.1, -0.05) is 36.8 Å². The molecule has 1 unspecified atom stereocenters. The van der Waals surface area contributed by atoms with E-state index in [1.165, 1.54) is 57.1 Å². The summed E-state index contributed by atoms with van der Waals surface area (Å²) in [6, 6.07) is 12.4. The van der Waals surface area contributed by atoms with Crippen molar-refractivity contribution in [1.82, 2.24) is 4.90 Å². The lowest BCUT2D eigenvalue weighted by Crippen LogP contribution is -2.47. The fraction of sp³-hybridized carbons (Fsp3) is 0.684. The topological polar surface area (TPSA) is 23.5 Å². The Morgan fingerprint density at radius 2 is 1.71 bits per heavy atom. The second-order valence-electron chi connectivity index (χ2n) is 6.82. The van der Waals surface area contributed by atoms with Crippen molar-refractivity contribution in [3.05, 3.63) is 35.9 Å². The molecule has 0 spiro atoms. The number of hydrogen-bond acceptors (Lipinski definition) is 2. The van der Waals surface area contributed by atoms with Gasteiger partial charge in [-0.05, 0) is 63.0 Å². The third-order valence-electron chi connectivity index (χ3n) is 5.57. The van der Waals surface area contributed by atoms with E-state index in [1.807, 2.05) is 0 Å². The van der Waals surface area contributed by atoms with Crippen molar-refractivity contribution in [3.8, 4) is 0 Å². The molecule has 2 nitrogen and oxygen atoms in total. The van der Waals surface area contributed by atoms with E-state index in [-0.39, 0.29) is 0 Å². The maximum atomic E-state index is 9.30. The largest absolute Gasteiger partial charge is 0.396 e. The monoisotopic (exact) mass is 287 g/mol. The van der Waals surface area contributed by atoms with Crippen molar-refractivity contribution in [2.45, 2.75) is 69.4 Å². The zero-order chi connectivity index (χ0) is 14.5. The number of likely N-dealkylation sites (tertiary alicyclic amines) is 1. The van der Waals surface area contributed by atoms with Crippen LogP contribution in [0.25, 0.3) is 0 Å². The molecule has 1 saturated carbocycles. The van der Waals surface area contributed by atoms with Gasteiger partial charge in [-0.3, -0.25) is 4.90 Å². The number of benzene rings is 1. The van der Waals surface area contributed by atoms with Gasteiger partial charge in [-0.2, -0.15) is 0 Å². The molecular formula is C19H29NO. The van der Waals surface area contributed by atoms with Crippen LogP contribution in [-0.2, 0) is 0 Å². The molecule has 1 aliphatic carbocycles. The lowest BCUT2D eigenvalue weighted by atomic mass is 9.80. The highest BCUT2D eigenvalue weighted by atomic mass is 16.3. The van der Waals surface area contributed by atoms with Gasteiger partial charge in [-0.25, -0.2) is 0 Å². The van der Waals surface area contributed by atoms with E-state index >= 15 is 0 Å². The molecule has 1 aromatic rings. The zero-order valence-electron chi connectivity index (χ0n) is 13.1. The highest BCUT2D eigenvalue weighted by molar-refractivity contribution is 5.20. The maximum Gasteiger partial charge on any atom is 0.0445 e. The predicted octanol–water partition coefficient (Wildman–Crippen LogP) is 3.95. The first kappa shape index (κ1) is 15.1. The number of aliphatic hydroxyl groups excluding tert-OH is 1. The molecule has 0 amide bonds. The lowest BCUT2D eigenvalue weighted by Gasteiger charge is -2.44. The Balaban J connectivity index is 1.57. The Hall–Kier alpha value is -0.860. The minimum atomic E-state index is 0.348. The Labute approximate surface area is 129 Å². The molecule has 0 bridgehead atoms. The van der Waals surface area contributed by atoms with Gasteiger partial charge in [0.2, 0.25) is 0 Å². The van der Waals surface area contributed by atoms with Crippen LogP contribution in [0, 0.1) is 0 Å². The molecule has 0 radical (unpaired) electrons. The molecule has 0 aromatic heterocycles. The highest BCUT2D eigenvalue weighted by Crippen LogP contribution is 2.36. The van der Waals surface area contributed by atoms with Crippen molar-refractivity contribution < 1.29 is 5.11 Å². The molecule has 1 aromatic carbocycles. The molecule has 1 N–H and O–H groups in total. The molecule has 2 aliphatic rings. The number of aliphatic hydroxyl groups is 1. The molecule has 1 saturated heterocycles. The van der Waals surface area contributed by atoms with Crippen LogP contribution in [-0.4, -0.2) is 35.2 Å². The van der Waals surface area contributed by atoms with E-state index in [2.05, 4.69) is 35.2 Å². The molecular weight excluding hydrogens is 258 g/mol. The van der Waals surface area contributed by atoms with E-state index in [0.717, 1.165) is 18.4 Å². The van der Waals surface area contributed by atoms with Gasteiger partial charge in [0.1, 0.15) is 0 Å². The summed E-state index contributed by atoms with van der Waals surface area (Å²) < 4.78 is 0. The second kappa shape index (κ2) is 7.42. The average Bonchev–Trinajstić information content (AvgIpc) is 2.57. The Morgan fingerprint density at radius 1 is 0.952 bits per heavy atom. The summed E-state index contributed by atoms with van der Waals surface area (Å²) in [5.41, 5.74) is 1.53. The summed E-state index contributed by atoms with van der Waals surface area (Å²) in [5, 5.41) is 9.30. The third-order valence-corrected chi connectivity index (χ3v) is 5.57. The fourth-order valence-corrected chi connectivity index (χ4v) is 4.43. The molecule has 3 rings (SSSR count). The van der Waals surface area contributed by atoms with Crippen molar-refractivity contribution in [2.24, 2.45) is 0 Å². The third kappa shape index (κ3) is 3.67. The number of hydrogen-bond donors (Lipinski definition) is 1. The smallest absolute Gasteiger partial charge is 0.0445 e. The van der Waals surface area contributed by atoms with Gasteiger partial charge < -0.3 is 5.11 Å². The first-order chi connectivity index (χ1) is 10.4. The zero-order valence-corrected chi connectivity index (χ0v) is 13.1. The van der Waals surface area contributed by atoms with Crippen molar-refractivity contribution in [1.29, 1.82) is 0 Å². The van der Waals surface area contributed by atoms with Crippen molar-refractivity contribution >= 4 is 0 Å². The summed E-state index contributed by atoms with van der Waals surface area (Å²) in [5.74, 6) is 0.767. The lowest BCUT2D eigenvalue weighted by molar-refractivity contribution is 0.0548. The van der Waals surface area contributed by atoms with Crippen LogP contribution >= 0.6 is 0 Å². The van der Waals surface area contributed by atoms with Crippen LogP contribution in [0.2, 0.25) is 0 Å². The minimum absolute atomic E-state index is 0.348. The van der Waals surface area contributed by atoms with Crippen LogP contribution in [0.15, 0.2) is 30.3 Å². The fourth-order valence-electron chi connectivity index (χ4n) is 4.43. The molecule has 1 atom stereocenters.